The van der Waals surface area contributed by atoms with Gasteiger partial charge in [-0.25, -0.2) is 4.79 Å². The number of esters is 1. The quantitative estimate of drug-likeness (QED) is 0.472. The van der Waals surface area contributed by atoms with Crippen molar-refractivity contribution in [3.8, 4) is 0 Å². The summed E-state index contributed by atoms with van der Waals surface area (Å²) in [5, 5.41) is 11.1. The van der Waals surface area contributed by atoms with E-state index >= 15 is 0 Å². The highest BCUT2D eigenvalue weighted by Crippen LogP contribution is 2.30. The molecule has 20 heavy (non-hydrogen) atoms. The highest BCUT2D eigenvalue weighted by atomic mass is 16.6. The predicted molar refractivity (Wildman–Crippen MR) is 71.7 cm³/mol. The van der Waals surface area contributed by atoms with Gasteiger partial charge in [0.15, 0.2) is 6.10 Å². The zero-order chi connectivity index (χ0) is 14.7. The van der Waals surface area contributed by atoms with Gasteiger partial charge in [-0.3, -0.25) is 10.1 Å². The lowest BCUT2D eigenvalue weighted by Gasteiger charge is -2.36. The van der Waals surface area contributed by atoms with Crippen molar-refractivity contribution >= 4 is 17.3 Å². The summed E-state index contributed by atoms with van der Waals surface area (Å²) in [7, 11) is 1.29. The molecule has 1 aromatic carbocycles. The summed E-state index contributed by atoms with van der Waals surface area (Å²) in [6.45, 7) is 2.54. The third-order valence-electron chi connectivity index (χ3n) is 3.14. The van der Waals surface area contributed by atoms with Crippen LogP contribution in [0.3, 0.4) is 0 Å². The van der Waals surface area contributed by atoms with Crippen molar-refractivity contribution in [2.45, 2.75) is 19.1 Å². The van der Waals surface area contributed by atoms with Gasteiger partial charge < -0.3 is 14.4 Å². The molecule has 2 rings (SSSR count). The van der Waals surface area contributed by atoms with E-state index in [4.69, 9.17) is 4.74 Å². The van der Waals surface area contributed by atoms with Crippen molar-refractivity contribution in [3.05, 3.63) is 34.4 Å². The first-order valence-electron chi connectivity index (χ1n) is 6.24. The van der Waals surface area contributed by atoms with Gasteiger partial charge in [0.05, 0.1) is 24.7 Å². The number of benzene rings is 1. The molecule has 2 atom stereocenters. The first-order valence-corrected chi connectivity index (χ1v) is 6.24. The number of rotatable bonds is 3. The molecule has 1 unspecified atom stereocenters. The van der Waals surface area contributed by atoms with Crippen LogP contribution in [-0.4, -0.2) is 43.3 Å². The maximum Gasteiger partial charge on any atom is 0.336 e. The SMILES string of the molecule is COC(=O)C1CN(c2ccccc2[N+](=O)[O-])C[C@@H](C)O1. The molecule has 0 N–H and O–H groups in total. The van der Waals surface area contributed by atoms with Gasteiger partial charge in [0.1, 0.15) is 5.69 Å². The van der Waals surface area contributed by atoms with E-state index < -0.39 is 17.0 Å². The molecule has 0 aliphatic carbocycles. The highest BCUT2D eigenvalue weighted by Gasteiger charge is 2.33. The molecular formula is C13H16N2O5. The second-order valence-electron chi connectivity index (χ2n) is 4.61. The van der Waals surface area contributed by atoms with E-state index in [1.54, 1.807) is 23.1 Å². The molecule has 0 saturated carbocycles. The Morgan fingerprint density at radius 3 is 2.80 bits per heavy atom. The molecule has 0 amide bonds. The molecule has 0 aromatic heterocycles. The molecule has 7 nitrogen and oxygen atoms in total. The third kappa shape index (κ3) is 2.88. The molecule has 1 aliphatic rings. The van der Waals surface area contributed by atoms with Crippen LogP contribution in [0.4, 0.5) is 11.4 Å². The number of morpholine rings is 1. The standard InChI is InChI=1S/C13H16N2O5/c1-9-7-14(8-12(20-9)13(16)19-2)10-5-3-4-6-11(10)15(17)18/h3-6,9,12H,7-8H2,1-2H3/t9-,12?/m1/s1. The van der Waals surface area contributed by atoms with Gasteiger partial charge in [-0.2, -0.15) is 0 Å². The van der Waals surface area contributed by atoms with Crippen LogP contribution in [0.2, 0.25) is 0 Å². The largest absolute Gasteiger partial charge is 0.467 e. The molecule has 1 aromatic rings. The van der Waals surface area contributed by atoms with Crippen molar-refractivity contribution in [1.82, 2.24) is 0 Å². The fourth-order valence-corrected chi connectivity index (χ4v) is 2.30. The second-order valence-corrected chi connectivity index (χ2v) is 4.61. The lowest BCUT2D eigenvalue weighted by Crippen LogP contribution is -2.50. The minimum absolute atomic E-state index is 0.0187. The second kappa shape index (κ2) is 5.87. The first kappa shape index (κ1) is 14.3. The van der Waals surface area contributed by atoms with Gasteiger partial charge in [0.2, 0.25) is 0 Å². The normalized spacial score (nSPS) is 22.4. The molecule has 1 saturated heterocycles. The van der Waals surface area contributed by atoms with Crippen LogP contribution in [0.25, 0.3) is 0 Å². The lowest BCUT2D eigenvalue weighted by atomic mass is 10.1. The summed E-state index contributed by atoms with van der Waals surface area (Å²) in [4.78, 5) is 24.0. The number of nitro groups is 1. The number of methoxy groups -OCH3 is 1. The summed E-state index contributed by atoms with van der Waals surface area (Å²) in [6, 6.07) is 6.46. The Kier molecular flexibility index (Phi) is 4.19. The van der Waals surface area contributed by atoms with Crippen molar-refractivity contribution in [2.75, 3.05) is 25.1 Å². The van der Waals surface area contributed by atoms with E-state index in [0.717, 1.165) is 0 Å². The average molecular weight is 280 g/mol. The van der Waals surface area contributed by atoms with E-state index in [0.29, 0.717) is 12.2 Å². The summed E-state index contributed by atoms with van der Waals surface area (Å²) in [5.41, 5.74) is 0.506. The van der Waals surface area contributed by atoms with Crippen LogP contribution < -0.4 is 4.90 Å². The average Bonchev–Trinajstić information content (AvgIpc) is 2.45. The van der Waals surface area contributed by atoms with Gasteiger partial charge in [0, 0.05) is 12.6 Å². The molecule has 0 radical (unpaired) electrons. The molecular weight excluding hydrogens is 264 g/mol. The van der Waals surface area contributed by atoms with Gasteiger partial charge in [0.25, 0.3) is 5.69 Å². The number of hydrogen-bond donors (Lipinski definition) is 0. The third-order valence-corrected chi connectivity index (χ3v) is 3.14. The van der Waals surface area contributed by atoms with E-state index in [-0.39, 0.29) is 18.3 Å². The van der Waals surface area contributed by atoms with Gasteiger partial charge >= 0.3 is 5.97 Å². The van der Waals surface area contributed by atoms with E-state index in [2.05, 4.69) is 4.74 Å². The topological polar surface area (TPSA) is 81.9 Å². The number of nitrogens with zero attached hydrogens (tertiary/aromatic N) is 2. The number of para-hydroxylation sites is 2. The van der Waals surface area contributed by atoms with Gasteiger partial charge in [-0.1, -0.05) is 12.1 Å². The summed E-state index contributed by atoms with van der Waals surface area (Å²) in [5.74, 6) is -0.472. The Morgan fingerprint density at radius 2 is 2.15 bits per heavy atom. The maximum absolute atomic E-state index is 11.6. The predicted octanol–water partition coefficient (Wildman–Crippen LogP) is 1.36. The smallest absolute Gasteiger partial charge is 0.336 e. The minimum atomic E-state index is -0.733. The van der Waals surface area contributed by atoms with E-state index in [1.807, 2.05) is 6.92 Å². The van der Waals surface area contributed by atoms with Gasteiger partial charge in [-0.15, -0.1) is 0 Å². The number of anilines is 1. The van der Waals surface area contributed by atoms with Crippen LogP contribution in [0.15, 0.2) is 24.3 Å². The Balaban J connectivity index is 2.28. The van der Waals surface area contributed by atoms with E-state index in [1.165, 1.54) is 13.2 Å². The Labute approximate surface area is 116 Å². The highest BCUT2D eigenvalue weighted by molar-refractivity contribution is 5.76. The number of carbonyl (C=O) groups excluding carboxylic acids is 1. The van der Waals surface area contributed by atoms with Crippen molar-refractivity contribution in [1.29, 1.82) is 0 Å². The Hall–Kier alpha value is -2.15. The van der Waals surface area contributed by atoms with Crippen molar-refractivity contribution in [3.63, 3.8) is 0 Å². The molecule has 1 fully saturated rings. The molecule has 1 heterocycles. The van der Waals surface area contributed by atoms with Crippen LogP contribution in [0, 0.1) is 10.1 Å². The number of nitro benzene ring substituents is 1. The Morgan fingerprint density at radius 1 is 1.45 bits per heavy atom. The van der Waals surface area contributed by atoms with Gasteiger partial charge in [-0.05, 0) is 13.0 Å². The van der Waals surface area contributed by atoms with Crippen LogP contribution in [-0.2, 0) is 14.3 Å². The Bertz CT molecular complexity index is 519. The summed E-state index contributed by atoms with van der Waals surface area (Å²) >= 11 is 0. The van der Waals surface area contributed by atoms with Crippen LogP contribution in [0.5, 0.6) is 0 Å². The molecule has 0 spiro atoms. The van der Waals surface area contributed by atoms with E-state index in [9.17, 15) is 14.9 Å². The summed E-state index contributed by atoms with van der Waals surface area (Å²) < 4.78 is 10.2. The fourth-order valence-electron chi connectivity index (χ4n) is 2.30. The molecule has 108 valence electrons. The summed E-state index contributed by atoms with van der Waals surface area (Å²) in [6.07, 6.45) is -0.948. The minimum Gasteiger partial charge on any atom is -0.467 e. The molecule has 0 bridgehead atoms. The number of ether oxygens (including phenoxy) is 2. The van der Waals surface area contributed by atoms with Crippen LogP contribution in [0.1, 0.15) is 6.92 Å². The molecule has 1 aliphatic heterocycles. The van der Waals surface area contributed by atoms with Crippen LogP contribution >= 0.6 is 0 Å². The lowest BCUT2D eigenvalue weighted by molar-refractivity contribution is -0.384. The maximum atomic E-state index is 11.6. The van der Waals surface area contributed by atoms with Crippen molar-refractivity contribution in [2.24, 2.45) is 0 Å². The number of carbonyl (C=O) groups is 1. The first-order chi connectivity index (χ1) is 9.52. The monoisotopic (exact) mass is 280 g/mol. The molecule has 7 heteroatoms. The zero-order valence-corrected chi connectivity index (χ0v) is 11.3. The fraction of sp³-hybridized carbons (Fsp3) is 0.462. The van der Waals surface area contributed by atoms with Crippen molar-refractivity contribution < 1.29 is 19.2 Å². The number of hydrogen-bond acceptors (Lipinski definition) is 6. The zero-order valence-electron chi connectivity index (χ0n) is 11.3.